The molecule has 0 aromatic rings. The maximum Gasteiger partial charge on any atom is 0.306 e. The van der Waals surface area contributed by atoms with Crippen molar-refractivity contribution >= 4 is 56.9 Å². The molecular weight excluding hydrogens is 566 g/mol. The molecule has 0 amide bonds. The van der Waals surface area contributed by atoms with Crippen LogP contribution in [0.1, 0.15) is 53.4 Å². The van der Waals surface area contributed by atoms with Crippen LogP contribution in [0.25, 0.3) is 0 Å². The summed E-state index contributed by atoms with van der Waals surface area (Å²) in [7, 11) is 0. The molecule has 26 heavy (non-hydrogen) atoms. The minimum Gasteiger partial charge on any atom is -0.463 e. The summed E-state index contributed by atoms with van der Waals surface area (Å²) >= 11 is 4.41. The molecule has 0 radical (unpaired) electrons. The van der Waals surface area contributed by atoms with Gasteiger partial charge in [0.1, 0.15) is 16.0 Å². The van der Waals surface area contributed by atoms with Gasteiger partial charge in [-0.25, -0.2) is 0 Å². The summed E-state index contributed by atoms with van der Waals surface area (Å²) in [5, 5.41) is 0. The SMILES string of the molecule is CCC(C)(I)OCCOCCOCCOC(=O)CCC(=O)C(C)(I)CC. The smallest absolute Gasteiger partial charge is 0.306 e. The van der Waals surface area contributed by atoms with Gasteiger partial charge in [0.05, 0.1) is 42.9 Å². The van der Waals surface area contributed by atoms with E-state index in [4.69, 9.17) is 18.9 Å². The highest BCUT2D eigenvalue weighted by Gasteiger charge is 2.27. The zero-order chi connectivity index (χ0) is 20.1. The first kappa shape index (κ1) is 26.5. The third kappa shape index (κ3) is 13.6. The van der Waals surface area contributed by atoms with E-state index in [0.29, 0.717) is 33.0 Å². The maximum absolute atomic E-state index is 11.9. The van der Waals surface area contributed by atoms with Crippen LogP contribution < -0.4 is 0 Å². The van der Waals surface area contributed by atoms with Crippen molar-refractivity contribution in [2.45, 2.75) is 60.4 Å². The minimum absolute atomic E-state index is 0.0803. The molecule has 0 aliphatic heterocycles. The van der Waals surface area contributed by atoms with Crippen LogP contribution in [0.15, 0.2) is 0 Å². The molecule has 2 atom stereocenters. The highest BCUT2D eigenvalue weighted by atomic mass is 127. The molecule has 0 aromatic heterocycles. The summed E-state index contributed by atoms with van der Waals surface area (Å²) in [5.74, 6) is -0.284. The molecule has 0 N–H and O–H groups in total. The van der Waals surface area contributed by atoms with Gasteiger partial charge in [-0.05, 0) is 49.3 Å². The maximum atomic E-state index is 11.9. The molecule has 154 valence electrons. The fourth-order valence-corrected chi connectivity index (χ4v) is 2.19. The van der Waals surface area contributed by atoms with Crippen molar-refractivity contribution in [3.05, 3.63) is 0 Å². The first-order valence-electron chi connectivity index (χ1n) is 9.00. The Labute approximate surface area is 184 Å². The van der Waals surface area contributed by atoms with E-state index in [1.165, 1.54) is 0 Å². The Hall–Kier alpha value is 0.480. The first-order chi connectivity index (χ1) is 12.1. The third-order valence-electron chi connectivity index (χ3n) is 3.93. The Bertz CT molecular complexity index is 412. The van der Waals surface area contributed by atoms with Gasteiger partial charge in [-0.15, -0.1) is 0 Å². The van der Waals surface area contributed by atoms with Gasteiger partial charge in [0, 0.05) is 6.42 Å². The number of carbonyl (C=O) groups excluding carboxylic acids is 2. The third-order valence-corrected chi connectivity index (χ3v) is 6.37. The van der Waals surface area contributed by atoms with E-state index in [9.17, 15) is 9.59 Å². The molecule has 0 spiro atoms. The Balaban J connectivity index is 3.50. The van der Waals surface area contributed by atoms with Crippen LogP contribution in [0, 0.1) is 0 Å². The molecule has 0 saturated heterocycles. The fraction of sp³-hybridized carbons (Fsp3) is 0.889. The van der Waals surface area contributed by atoms with Crippen molar-refractivity contribution in [1.29, 1.82) is 0 Å². The lowest BCUT2D eigenvalue weighted by atomic mass is 10.00. The molecule has 8 heteroatoms. The Morgan fingerprint density at radius 3 is 1.88 bits per heavy atom. The van der Waals surface area contributed by atoms with E-state index in [1.807, 2.05) is 20.8 Å². The van der Waals surface area contributed by atoms with Crippen LogP contribution in [0.3, 0.4) is 0 Å². The monoisotopic (exact) mass is 598 g/mol. The normalized spacial score (nSPS) is 15.9. The van der Waals surface area contributed by atoms with E-state index in [1.54, 1.807) is 0 Å². The van der Waals surface area contributed by atoms with E-state index < -0.39 is 3.42 Å². The van der Waals surface area contributed by atoms with E-state index in [2.05, 4.69) is 52.1 Å². The van der Waals surface area contributed by atoms with Gasteiger partial charge in [0.25, 0.3) is 0 Å². The average Bonchev–Trinajstić information content (AvgIpc) is 2.60. The van der Waals surface area contributed by atoms with E-state index in [-0.39, 0.29) is 34.8 Å². The average molecular weight is 598 g/mol. The van der Waals surface area contributed by atoms with Crippen LogP contribution in [0.5, 0.6) is 0 Å². The van der Waals surface area contributed by atoms with Gasteiger partial charge in [0.2, 0.25) is 0 Å². The lowest BCUT2D eigenvalue weighted by Gasteiger charge is -2.21. The fourth-order valence-electron chi connectivity index (χ4n) is 1.70. The predicted octanol–water partition coefficient (Wildman–Crippen LogP) is 4.09. The summed E-state index contributed by atoms with van der Waals surface area (Å²) < 4.78 is 20.9. The van der Waals surface area contributed by atoms with Crippen LogP contribution in [0.4, 0.5) is 0 Å². The van der Waals surface area contributed by atoms with Crippen molar-refractivity contribution < 1.29 is 28.5 Å². The van der Waals surface area contributed by atoms with Gasteiger partial charge < -0.3 is 18.9 Å². The summed E-state index contributed by atoms with van der Waals surface area (Å²) in [4.78, 5) is 23.5. The molecular formula is C18H32I2O6. The summed E-state index contributed by atoms with van der Waals surface area (Å²) in [6.45, 7) is 10.5. The number of alkyl halides is 2. The topological polar surface area (TPSA) is 71.1 Å². The molecule has 0 aromatic carbocycles. The number of esters is 1. The van der Waals surface area contributed by atoms with Gasteiger partial charge in [-0.3, -0.25) is 9.59 Å². The first-order valence-corrected chi connectivity index (χ1v) is 11.2. The summed E-state index contributed by atoms with van der Waals surface area (Å²) in [6, 6.07) is 0. The van der Waals surface area contributed by atoms with Crippen molar-refractivity contribution in [2.24, 2.45) is 0 Å². The quantitative estimate of drug-likeness (QED) is 0.116. The highest BCUT2D eigenvalue weighted by Crippen LogP contribution is 2.25. The largest absolute Gasteiger partial charge is 0.463 e. The van der Waals surface area contributed by atoms with Gasteiger partial charge in [0.15, 0.2) is 0 Å². The number of ketones is 1. The molecule has 0 aliphatic rings. The lowest BCUT2D eigenvalue weighted by Crippen LogP contribution is -2.27. The second kappa shape index (κ2) is 14.5. The molecule has 6 nitrogen and oxygen atoms in total. The number of Topliss-reactive ketones (excluding diaryl/α,β-unsaturated/α-hetero) is 1. The number of halogens is 2. The molecule has 0 heterocycles. The van der Waals surface area contributed by atoms with Gasteiger partial charge in [-0.1, -0.05) is 36.4 Å². The number of hydrogen-bond acceptors (Lipinski definition) is 6. The number of ether oxygens (including phenoxy) is 4. The molecule has 0 fully saturated rings. The van der Waals surface area contributed by atoms with Crippen molar-refractivity contribution in [3.8, 4) is 0 Å². The van der Waals surface area contributed by atoms with Crippen LogP contribution >= 0.6 is 45.2 Å². The van der Waals surface area contributed by atoms with Crippen LogP contribution in [-0.2, 0) is 28.5 Å². The van der Waals surface area contributed by atoms with Gasteiger partial charge in [-0.2, -0.15) is 0 Å². The number of carbonyl (C=O) groups is 2. The van der Waals surface area contributed by atoms with Crippen LogP contribution in [0.2, 0.25) is 0 Å². The molecule has 0 rings (SSSR count). The second-order valence-corrected chi connectivity index (χ2v) is 10.9. The zero-order valence-electron chi connectivity index (χ0n) is 16.3. The molecule has 0 saturated carbocycles. The number of hydrogen-bond donors (Lipinski definition) is 0. The highest BCUT2D eigenvalue weighted by molar-refractivity contribution is 14.1. The Morgan fingerprint density at radius 1 is 0.808 bits per heavy atom. The second-order valence-electron chi connectivity index (χ2n) is 6.22. The van der Waals surface area contributed by atoms with E-state index >= 15 is 0 Å². The lowest BCUT2D eigenvalue weighted by molar-refractivity contribution is -0.146. The standard InChI is InChI=1S/C18H32I2O6/c1-5-17(3,19)15(21)7-8-16(22)25-13-11-23-9-10-24-12-14-26-18(4,20)6-2/h5-14H2,1-4H3. The van der Waals surface area contributed by atoms with Crippen molar-refractivity contribution in [3.63, 3.8) is 0 Å². The molecule has 0 aliphatic carbocycles. The summed E-state index contributed by atoms with van der Waals surface area (Å²) in [6.07, 6.45) is 2.03. The van der Waals surface area contributed by atoms with Crippen molar-refractivity contribution in [2.75, 3.05) is 39.6 Å². The summed E-state index contributed by atoms with van der Waals surface area (Å²) in [5.41, 5.74) is 0. The zero-order valence-corrected chi connectivity index (χ0v) is 20.6. The molecule has 0 bridgehead atoms. The molecule has 2 unspecified atom stereocenters. The van der Waals surface area contributed by atoms with Gasteiger partial charge >= 0.3 is 5.97 Å². The van der Waals surface area contributed by atoms with Crippen LogP contribution in [-0.4, -0.2) is 58.4 Å². The Morgan fingerprint density at radius 2 is 1.35 bits per heavy atom. The number of rotatable bonds is 16. The predicted molar refractivity (Wildman–Crippen MR) is 118 cm³/mol. The van der Waals surface area contributed by atoms with E-state index in [0.717, 1.165) is 12.8 Å². The van der Waals surface area contributed by atoms with Crippen molar-refractivity contribution in [1.82, 2.24) is 0 Å². The minimum atomic E-state index is -0.405. The Kier molecular flexibility index (Phi) is 14.7.